The molecule has 0 aromatic rings. The summed E-state index contributed by atoms with van der Waals surface area (Å²) >= 11 is 0. The Bertz CT molecular complexity index is 70.5. The third kappa shape index (κ3) is 4.51. The molecule has 0 aromatic heterocycles. The Balaban J connectivity index is -0.0000000833. The van der Waals surface area contributed by atoms with E-state index >= 15 is 0 Å². The summed E-state index contributed by atoms with van der Waals surface area (Å²) in [4.78, 5) is 0. The van der Waals surface area contributed by atoms with Gasteiger partial charge in [0.15, 0.2) is 0 Å². The summed E-state index contributed by atoms with van der Waals surface area (Å²) in [5, 5.41) is 0. The minimum atomic E-state index is 0. The summed E-state index contributed by atoms with van der Waals surface area (Å²) in [5.41, 5.74) is 0. The van der Waals surface area contributed by atoms with E-state index in [-0.39, 0.29) is 40.0 Å². The maximum atomic E-state index is 2.99. The Labute approximate surface area is 70.7 Å². The summed E-state index contributed by atoms with van der Waals surface area (Å²) < 4.78 is 0. The Morgan fingerprint density at radius 3 is 2.43 bits per heavy atom. The first-order valence-electron chi connectivity index (χ1n) is 1.72. The van der Waals surface area contributed by atoms with Crippen LogP contribution in [0.5, 0.6) is 0 Å². The smallest absolute Gasteiger partial charge is 0 e. The Morgan fingerprint density at radius 1 is 1.57 bits per heavy atom. The van der Waals surface area contributed by atoms with Crippen LogP contribution in [0.2, 0.25) is 0 Å². The van der Waals surface area contributed by atoms with Crippen LogP contribution in [-0.2, 0) is 26.2 Å². The molecule has 0 atom stereocenters. The number of rotatable bonds is 0. The van der Waals surface area contributed by atoms with Gasteiger partial charge in [-0.25, -0.2) is 12.2 Å². The van der Waals surface area contributed by atoms with Crippen molar-refractivity contribution in [3.05, 3.63) is 24.3 Å². The normalized spacial score (nSPS) is 12.6. The van der Waals surface area contributed by atoms with E-state index in [0.717, 1.165) is 6.42 Å². The molecule has 0 heterocycles. The van der Waals surface area contributed by atoms with Crippen LogP contribution in [0.3, 0.4) is 0 Å². The average molecular weight is 194 g/mol. The summed E-state index contributed by atoms with van der Waals surface area (Å²) in [6.07, 6.45) is 10.0. The molecular weight excluding hydrogens is 187 g/mol. The molecule has 1 aliphatic rings. The third-order valence-electron chi connectivity index (χ3n) is 0.586. The molecule has 0 fully saturated rings. The Kier molecular flexibility index (Phi) is 10.1. The molecule has 0 N–H and O–H groups in total. The monoisotopic (exact) mass is 192 g/mol. The molecule has 0 nitrogen and oxygen atoms in total. The van der Waals surface area contributed by atoms with Crippen LogP contribution >= 0.6 is 12.4 Å². The van der Waals surface area contributed by atoms with Gasteiger partial charge in [0.25, 0.3) is 0 Å². The number of halogens is 1. The van der Waals surface area contributed by atoms with Gasteiger partial charge in [-0.2, -0.15) is 6.08 Å². The van der Waals surface area contributed by atoms with Gasteiger partial charge in [0.2, 0.25) is 0 Å². The van der Waals surface area contributed by atoms with E-state index in [4.69, 9.17) is 0 Å². The summed E-state index contributed by atoms with van der Waals surface area (Å²) in [6.45, 7) is 0. The minimum absolute atomic E-state index is 0. The molecule has 0 saturated heterocycles. The number of hydrogen-bond acceptors (Lipinski definition) is 0. The molecule has 0 amide bonds. The van der Waals surface area contributed by atoms with E-state index in [1.165, 1.54) is 0 Å². The quantitative estimate of drug-likeness (QED) is 0.516. The minimum Gasteiger partial charge on any atom is -1.00 e. The maximum Gasteiger partial charge on any atom is 0 e. The van der Waals surface area contributed by atoms with Crippen molar-refractivity contribution >= 4 is 12.4 Å². The zero-order valence-corrected chi connectivity index (χ0v) is 7.12. The molecule has 0 bridgehead atoms. The van der Waals surface area contributed by atoms with Crippen molar-refractivity contribution in [2.75, 3.05) is 0 Å². The van der Waals surface area contributed by atoms with Crippen LogP contribution in [0.25, 0.3) is 0 Å². The van der Waals surface area contributed by atoms with Gasteiger partial charge in [-0.3, -0.25) is 6.08 Å². The van der Waals surface area contributed by atoms with Crippen LogP contribution in [0.4, 0.5) is 0 Å². The molecule has 1 rings (SSSR count). The molecule has 1 aliphatic carbocycles. The van der Waals surface area contributed by atoms with E-state index in [2.05, 4.69) is 12.2 Å². The van der Waals surface area contributed by atoms with Crippen molar-refractivity contribution < 1.29 is 27.6 Å². The van der Waals surface area contributed by atoms with E-state index in [1.807, 2.05) is 12.2 Å². The van der Waals surface area contributed by atoms with Crippen LogP contribution in [0.15, 0.2) is 18.2 Å². The Hall–Kier alpha value is 0.653. The second-order valence-electron chi connectivity index (χ2n) is 1.00. The van der Waals surface area contributed by atoms with Crippen molar-refractivity contribution in [2.24, 2.45) is 0 Å². The first kappa shape index (κ1) is 10.6. The van der Waals surface area contributed by atoms with Gasteiger partial charge >= 0.3 is 0 Å². The van der Waals surface area contributed by atoms with E-state index in [1.54, 1.807) is 0 Å². The van der Waals surface area contributed by atoms with E-state index in [9.17, 15) is 0 Å². The van der Waals surface area contributed by atoms with Crippen molar-refractivity contribution in [3.63, 3.8) is 0 Å². The molecule has 0 spiro atoms. The molecule has 0 unspecified atom stereocenters. The fourth-order valence-corrected chi connectivity index (χ4v) is 0.340. The summed E-state index contributed by atoms with van der Waals surface area (Å²) in [6, 6.07) is 0. The first-order chi connectivity index (χ1) is 2.50. The van der Waals surface area contributed by atoms with Crippen molar-refractivity contribution in [1.82, 2.24) is 0 Å². The van der Waals surface area contributed by atoms with Gasteiger partial charge < -0.3 is 1.43 Å². The molecule has 0 saturated carbocycles. The second kappa shape index (κ2) is 6.65. The van der Waals surface area contributed by atoms with E-state index in [0.29, 0.717) is 0 Å². The SMILES string of the molecule is Cl.[C-]1=CC=CC1.[H-].[Zr]. The molecule has 0 aliphatic heterocycles. The van der Waals surface area contributed by atoms with Crippen LogP contribution in [0.1, 0.15) is 7.85 Å². The molecule has 40 valence electrons. The molecule has 7 heavy (non-hydrogen) atoms. The average Bonchev–Trinajstić information content (AvgIpc) is 1.76. The van der Waals surface area contributed by atoms with E-state index < -0.39 is 0 Å². The molecule has 0 radical (unpaired) electrons. The van der Waals surface area contributed by atoms with Gasteiger partial charge in [0.05, 0.1) is 0 Å². The van der Waals surface area contributed by atoms with Crippen LogP contribution in [-0.4, -0.2) is 0 Å². The number of allylic oxidation sites excluding steroid dienone is 4. The fourth-order valence-electron chi connectivity index (χ4n) is 0.340. The largest absolute Gasteiger partial charge is 1.00 e. The number of hydrogen-bond donors (Lipinski definition) is 0. The van der Waals surface area contributed by atoms with Crippen molar-refractivity contribution in [3.8, 4) is 0 Å². The maximum absolute atomic E-state index is 2.99. The first-order valence-corrected chi connectivity index (χ1v) is 1.72. The molecular formula is C5H7ClZr-2. The predicted molar refractivity (Wildman–Crippen MR) is 29.9 cm³/mol. The second-order valence-corrected chi connectivity index (χ2v) is 1.00. The van der Waals surface area contributed by atoms with Crippen molar-refractivity contribution in [2.45, 2.75) is 6.42 Å². The third-order valence-corrected chi connectivity index (χ3v) is 0.586. The van der Waals surface area contributed by atoms with Crippen molar-refractivity contribution in [1.29, 1.82) is 0 Å². The van der Waals surface area contributed by atoms with Gasteiger partial charge in [-0.1, -0.05) is 0 Å². The fraction of sp³-hybridized carbons (Fsp3) is 0.200. The Morgan fingerprint density at radius 2 is 2.29 bits per heavy atom. The summed E-state index contributed by atoms with van der Waals surface area (Å²) in [5.74, 6) is 0. The standard InChI is InChI=1S/C5H5.ClH.Zr.H/c1-2-4-5-3-1;;;/h1-3H,4H2;1H;;/q-1;;;-1. The van der Waals surface area contributed by atoms with Gasteiger partial charge in [0, 0.05) is 26.2 Å². The van der Waals surface area contributed by atoms with Gasteiger partial charge in [-0.05, 0) is 0 Å². The van der Waals surface area contributed by atoms with Gasteiger partial charge in [0.1, 0.15) is 0 Å². The van der Waals surface area contributed by atoms with Crippen LogP contribution < -0.4 is 0 Å². The molecule has 2 heteroatoms. The van der Waals surface area contributed by atoms with Gasteiger partial charge in [-0.15, -0.1) is 18.8 Å². The summed E-state index contributed by atoms with van der Waals surface area (Å²) in [7, 11) is 0. The predicted octanol–water partition coefficient (Wildman–Crippen LogP) is 1.84. The molecule has 0 aromatic carbocycles. The van der Waals surface area contributed by atoms with Crippen LogP contribution in [0, 0.1) is 6.08 Å². The topological polar surface area (TPSA) is 0 Å². The zero-order valence-electron chi connectivity index (χ0n) is 4.85. The zero-order chi connectivity index (χ0) is 3.54.